The van der Waals surface area contributed by atoms with Crippen LogP contribution < -0.4 is 5.14 Å². The van der Waals surface area contributed by atoms with Crippen LogP contribution in [0.2, 0.25) is 0 Å². The Labute approximate surface area is 95.4 Å². The van der Waals surface area contributed by atoms with E-state index in [9.17, 15) is 8.42 Å². The van der Waals surface area contributed by atoms with Crippen LogP contribution in [0.15, 0.2) is 17.3 Å². The molecular weight excluding hydrogens is 230 g/mol. The van der Waals surface area contributed by atoms with Gasteiger partial charge in [-0.15, -0.1) is 0 Å². The molecule has 16 heavy (non-hydrogen) atoms. The lowest BCUT2D eigenvalue weighted by molar-refractivity contribution is 0.121. The summed E-state index contributed by atoms with van der Waals surface area (Å²) in [5.41, 5.74) is 0. The number of nitrogens with two attached hydrogens (primary N) is 1. The van der Waals surface area contributed by atoms with Gasteiger partial charge in [-0.25, -0.2) is 13.6 Å². The first-order valence-electron chi connectivity index (χ1n) is 5.17. The monoisotopic (exact) mass is 247 g/mol. The summed E-state index contributed by atoms with van der Waals surface area (Å²) in [4.78, 5) is 0.0288. The molecule has 0 saturated heterocycles. The summed E-state index contributed by atoms with van der Waals surface area (Å²) < 4.78 is 28.7. The smallest absolute Gasteiger partial charge is 0.241 e. The Hall–Kier alpha value is -0.920. The summed E-state index contributed by atoms with van der Waals surface area (Å²) in [5.74, 6) is 0. The second kappa shape index (κ2) is 5.97. The van der Waals surface area contributed by atoms with Crippen LogP contribution in [0.1, 0.15) is 19.8 Å². The molecular formula is C9H17N3O3S. The van der Waals surface area contributed by atoms with Crippen molar-refractivity contribution in [2.75, 3.05) is 13.2 Å². The van der Waals surface area contributed by atoms with Gasteiger partial charge in [0.2, 0.25) is 10.0 Å². The average Bonchev–Trinajstić information content (AvgIpc) is 2.65. The maximum atomic E-state index is 11.0. The van der Waals surface area contributed by atoms with Crippen molar-refractivity contribution in [2.24, 2.45) is 5.14 Å². The van der Waals surface area contributed by atoms with E-state index in [1.54, 1.807) is 0 Å². The van der Waals surface area contributed by atoms with Gasteiger partial charge in [0.05, 0.1) is 19.3 Å². The van der Waals surface area contributed by atoms with E-state index in [1.807, 2.05) is 0 Å². The van der Waals surface area contributed by atoms with Crippen molar-refractivity contribution < 1.29 is 13.2 Å². The Bertz CT molecular complexity index is 413. The molecule has 0 spiro atoms. The second-order valence-electron chi connectivity index (χ2n) is 3.45. The Kier molecular flexibility index (Phi) is 4.91. The predicted octanol–water partition coefficient (Wildman–Crippen LogP) is 0.347. The molecule has 0 unspecified atom stereocenters. The van der Waals surface area contributed by atoms with E-state index in [2.05, 4.69) is 12.0 Å². The van der Waals surface area contributed by atoms with Gasteiger partial charge in [0.25, 0.3) is 0 Å². The highest BCUT2D eigenvalue weighted by Crippen LogP contribution is 2.03. The van der Waals surface area contributed by atoms with Crippen molar-refractivity contribution in [3.63, 3.8) is 0 Å². The number of sulfonamides is 1. The lowest BCUT2D eigenvalue weighted by atomic mass is 10.4. The molecule has 7 heteroatoms. The van der Waals surface area contributed by atoms with Crippen molar-refractivity contribution in [3.05, 3.63) is 12.4 Å². The van der Waals surface area contributed by atoms with Gasteiger partial charge in [0.1, 0.15) is 4.90 Å². The van der Waals surface area contributed by atoms with E-state index in [1.165, 1.54) is 17.1 Å². The Morgan fingerprint density at radius 2 is 2.25 bits per heavy atom. The van der Waals surface area contributed by atoms with Gasteiger partial charge in [-0.2, -0.15) is 5.10 Å². The van der Waals surface area contributed by atoms with Crippen molar-refractivity contribution in [1.29, 1.82) is 0 Å². The van der Waals surface area contributed by atoms with Gasteiger partial charge in [0.15, 0.2) is 0 Å². The summed E-state index contributed by atoms with van der Waals surface area (Å²) in [5, 5.41) is 8.83. The quantitative estimate of drug-likeness (QED) is 0.704. The summed E-state index contributed by atoms with van der Waals surface area (Å²) >= 11 is 0. The predicted molar refractivity (Wildman–Crippen MR) is 59.3 cm³/mol. The van der Waals surface area contributed by atoms with Gasteiger partial charge >= 0.3 is 0 Å². The zero-order chi connectivity index (χ0) is 12.0. The fourth-order valence-corrected chi connectivity index (χ4v) is 1.58. The van der Waals surface area contributed by atoms with Crippen LogP contribution in [0.25, 0.3) is 0 Å². The summed E-state index contributed by atoms with van der Waals surface area (Å²) in [6.07, 6.45) is 4.76. The minimum atomic E-state index is -3.65. The SMILES string of the molecule is CCCCOCCn1cc(S(N)(=O)=O)cn1. The zero-order valence-corrected chi connectivity index (χ0v) is 10.1. The highest BCUT2D eigenvalue weighted by molar-refractivity contribution is 7.89. The molecule has 0 atom stereocenters. The number of hydrogen-bond donors (Lipinski definition) is 1. The van der Waals surface area contributed by atoms with Crippen LogP contribution >= 0.6 is 0 Å². The third kappa shape index (κ3) is 4.30. The van der Waals surface area contributed by atoms with Crippen LogP contribution in [0, 0.1) is 0 Å². The van der Waals surface area contributed by atoms with E-state index < -0.39 is 10.0 Å². The van der Waals surface area contributed by atoms with E-state index in [0.29, 0.717) is 13.2 Å². The number of rotatable bonds is 7. The molecule has 1 aromatic heterocycles. The fraction of sp³-hybridized carbons (Fsp3) is 0.667. The third-order valence-electron chi connectivity index (χ3n) is 2.05. The highest BCUT2D eigenvalue weighted by atomic mass is 32.2. The molecule has 0 aromatic carbocycles. The minimum absolute atomic E-state index is 0.0288. The van der Waals surface area contributed by atoms with Crippen LogP contribution in [0.3, 0.4) is 0 Å². The summed E-state index contributed by atoms with van der Waals surface area (Å²) in [6, 6.07) is 0. The molecule has 0 aliphatic carbocycles. The number of aromatic nitrogens is 2. The lowest BCUT2D eigenvalue weighted by Crippen LogP contribution is -2.11. The molecule has 1 aromatic rings. The molecule has 0 aliphatic rings. The molecule has 6 nitrogen and oxygen atoms in total. The summed E-state index contributed by atoms with van der Waals surface area (Å²) in [7, 11) is -3.65. The van der Waals surface area contributed by atoms with Gasteiger partial charge in [-0.1, -0.05) is 13.3 Å². The van der Waals surface area contributed by atoms with Crippen molar-refractivity contribution in [3.8, 4) is 0 Å². The van der Waals surface area contributed by atoms with Gasteiger partial charge in [0, 0.05) is 12.8 Å². The molecule has 2 N–H and O–H groups in total. The fourth-order valence-electron chi connectivity index (χ4n) is 1.12. The van der Waals surface area contributed by atoms with Crippen molar-refractivity contribution in [2.45, 2.75) is 31.2 Å². The van der Waals surface area contributed by atoms with Crippen LogP contribution in [-0.4, -0.2) is 31.4 Å². The molecule has 0 bridgehead atoms. The third-order valence-corrected chi connectivity index (χ3v) is 2.91. The first-order chi connectivity index (χ1) is 7.54. The number of unbranched alkanes of at least 4 members (excludes halogenated alkanes) is 1. The van der Waals surface area contributed by atoms with Crippen LogP contribution in [0.4, 0.5) is 0 Å². The molecule has 92 valence electrons. The molecule has 0 aliphatic heterocycles. The van der Waals surface area contributed by atoms with Crippen molar-refractivity contribution in [1.82, 2.24) is 9.78 Å². The first-order valence-corrected chi connectivity index (χ1v) is 6.71. The van der Waals surface area contributed by atoms with Gasteiger partial charge < -0.3 is 4.74 Å². The van der Waals surface area contributed by atoms with E-state index in [0.717, 1.165) is 19.4 Å². The van der Waals surface area contributed by atoms with Crippen LogP contribution in [0.5, 0.6) is 0 Å². The maximum Gasteiger partial charge on any atom is 0.241 e. The topological polar surface area (TPSA) is 87.2 Å². The molecule has 0 saturated carbocycles. The number of ether oxygens (including phenoxy) is 1. The molecule has 0 fully saturated rings. The second-order valence-corrected chi connectivity index (χ2v) is 5.01. The molecule has 0 amide bonds. The highest BCUT2D eigenvalue weighted by Gasteiger charge is 2.09. The minimum Gasteiger partial charge on any atom is -0.380 e. The number of nitrogens with zero attached hydrogens (tertiary/aromatic N) is 2. The lowest BCUT2D eigenvalue weighted by Gasteiger charge is -2.02. The number of primary sulfonamides is 1. The van der Waals surface area contributed by atoms with Crippen molar-refractivity contribution >= 4 is 10.0 Å². The Balaban J connectivity index is 2.36. The standard InChI is InChI=1S/C9H17N3O3S/c1-2-3-5-15-6-4-12-8-9(7-11-12)16(10,13)14/h7-8H,2-6H2,1H3,(H2,10,13,14). The Morgan fingerprint density at radius 1 is 1.50 bits per heavy atom. The normalized spacial score (nSPS) is 11.9. The molecule has 1 rings (SSSR count). The molecule has 1 heterocycles. The van der Waals surface area contributed by atoms with E-state index in [-0.39, 0.29) is 4.90 Å². The van der Waals surface area contributed by atoms with E-state index >= 15 is 0 Å². The summed E-state index contributed by atoms with van der Waals surface area (Å²) in [6.45, 7) is 3.86. The van der Waals surface area contributed by atoms with E-state index in [4.69, 9.17) is 9.88 Å². The average molecular weight is 247 g/mol. The molecule has 0 radical (unpaired) electrons. The first kappa shape index (κ1) is 13.1. The zero-order valence-electron chi connectivity index (χ0n) is 9.30. The Morgan fingerprint density at radius 3 is 2.81 bits per heavy atom. The van der Waals surface area contributed by atoms with Gasteiger partial charge in [-0.05, 0) is 6.42 Å². The van der Waals surface area contributed by atoms with Gasteiger partial charge in [-0.3, -0.25) is 4.68 Å². The van der Waals surface area contributed by atoms with Crippen LogP contribution in [-0.2, 0) is 21.3 Å². The largest absolute Gasteiger partial charge is 0.380 e. The maximum absolute atomic E-state index is 11.0. The number of hydrogen-bond acceptors (Lipinski definition) is 4.